The molecule has 0 bridgehead atoms. The summed E-state index contributed by atoms with van der Waals surface area (Å²) >= 11 is 6.60. The first-order valence-electron chi connectivity index (χ1n) is 15.8. The second-order valence-electron chi connectivity index (χ2n) is 11.4. The van der Waals surface area contributed by atoms with Crippen LogP contribution in [-0.2, 0) is 35.9 Å². The third kappa shape index (κ3) is 8.34. The first kappa shape index (κ1) is 37.6. The maximum absolute atomic E-state index is 15.0. The minimum Gasteiger partial charge on any atom is -0.494 e. The molecule has 0 spiro atoms. The Hall–Kier alpha value is -1.89. The molecule has 8 nitrogen and oxygen atoms in total. The van der Waals surface area contributed by atoms with Crippen molar-refractivity contribution in [2.45, 2.75) is 95.4 Å². The SMILES string of the molecule is CCCCO[C@@H]1[C@@H](OCCCC)[C@](OC)(c2ccc(Cl)c(Cc3ccc(OC)c(F)c3F)c2)OC(CO)(CO)[C@H]1OCCCC. The first-order chi connectivity index (χ1) is 21.7. The highest BCUT2D eigenvalue weighted by atomic mass is 35.5. The van der Waals surface area contributed by atoms with Gasteiger partial charge in [-0.15, -0.1) is 0 Å². The topological polar surface area (TPSA) is 95.8 Å². The van der Waals surface area contributed by atoms with Crippen LogP contribution >= 0.6 is 11.6 Å². The molecule has 1 saturated heterocycles. The molecule has 0 saturated carbocycles. The van der Waals surface area contributed by atoms with Crippen molar-refractivity contribution in [3.63, 3.8) is 0 Å². The van der Waals surface area contributed by atoms with Crippen molar-refractivity contribution >= 4 is 11.6 Å². The van der Waals surface area contributed by atoms with E-state index in [9.17, 15) is 14.6 Å². The predicted molar refractivity (Wildman–Crippen MR) is 168 cm³/mol. The summed E-state index contributed by atoms with van der Waals surface area (Å²) in [4.78, 5) is 0. The van der Waals surface area contributed by atoms with Crippen molar-refractivity contribution in [2.24, 2.45) is 0 Å². The lowest BCUT2D eigenvalue weighted by Crippen LogP contribution is -2.73. The Bertz CT molecular complexity index is 1200. The van der Waals surface area contributed by atoms with Gasteiger partial charge in [-0.05, 0) is 48.6 Å². The zero-order chi connectivity index (χ0) is 33.0. The van der Waals surface area contributed by atoms with Gasteiger partial charge in [0.2, 0.25) is 11.6 Å². The lowest BCUT2D eigenvalue weighted by Gasteiger charge is -2.56. The van der Waals surface area contributed by atoms with Crippen molar-refractivity contribution in [2.75, 3.05) is 47.3 Å². The number of aliphatic hydroxyl groups excluding tert-OH is 2. The van der Waals surface area contributed by atoms with Gasteiger partial charge in [-0.1, -0.05) is 63.8 Å². The third-order valence-corrected chi connectivity index (χ3v) is 8.63. The summed E-state index contributed by atoms with van der Waals surface area (Å²) < 4.78 is 66.7. The van der Waals surface area contributed by atoms with E-state index in [0.717, 1.165) is 38.5 Å². The molecule has 0 aromatic heterocycles. The number of unbranched alkanes of at least 4 members (excludes halogenated alkanes) is 3. The molecule has 1 aliphatic rings. The number of aliphatic hydroxyl groups is 2. The van der Waals surface area contributed by atoms with Crippen LogP contribution in [0.5, 0.6) is 5.75 Å². The number of methoxy groups -OCH3 is 2. The minimum atomic E-state index is -1.72. The fraction of sp³-hybridized carbons (Fsp3) is 0.647. The fourth-order valence-corrected chi connectivity index (χ4v) is 5.77. The van der Waals surface area contributed by atoms with Crippen LogP contribution in [0.1, 0.15) is 76.0 Å². The smallest absolute Gasteiger partial charge is 0.225 e. The Morgan fingerprint density at radius 3 is 1.96 bits per heavy atom. The summed E-state index contributed by atoms with van der Waals surface area (Å²) in [6, 6.07) is 7.80. The number of rotatable bonds is 19. The average molecular weight is 659 g/mol. The molecule has 2 aromatic carbocycles. The highest BCUT2D eigenvalue weighted by molar-refractivity contribution is 6.31. The molecule has 2 N–H and O–H groups in total. The van der Waals surface area contributed by atoms with Crippen LogP contribution in [0.25, 0.3) is 0 Å². The maximum atomic E-state index is 15.0. The first-order valence-corrected chi connectivity index (χ1v) is 16.2. The monoisotopic (exact) mass is 658 g/mol. The Balaban J connectivity index is 2.19. The Kier molecular flexibility index (Phi) is 14.9. The van der Waals surface area contributed by atoms with E-state index in [1.807, 2.05) is 13.8 Å². The van der Waals surface area contributed by atoms with Gasteiger partial charge in [-0.25, -0.2) is 4.39 Å². The highest BCUT2D eigenvalue weighted by Crippen LogP contribution is 2.47. The standard InChI is InChI=1S/C34H49ClF2O8/c1-6-9-16-42-30-31(43-17-10-7-2)33(21-38,22-39)45-34(41-5,32(30)44-18-11-8-3)25-13-14-26(35)24(20-25)19-23-12-15-27(40-4)29(37)28(23)36/h12-15,20,30-32,38-39H,6-11,16-19,21-22H2,1-5H3/t30-,31-,32+,34-/m0/s1. The van der Waals surface area contributed by atoms with Crippen molar-refractivity contribution in [1.29, 1.82) is 0 Å². The van der Waals surface area contributed by atoms with E-state index in [0.29, 0.717) is 36.0 Å². The van der Waals surface area contributed by atoms with Gasteiger partial charge < -0.3 is 38.6 Å². The zero-order valence-corrected chi connectivity index (χ0v) is 27.8. The molecule has 2 aromatic rings. The van der Waals surface area contributed by atoms with Gasteiger partial charge >= 0.3 is 0 Å². The molecule has 254 valence electrons. The molecule has 11 heteroatoms. The maximum Gasteiger partial charge on any atom is 0.225 e. The quantitative estimate of drug-likeness (QED) is 0.169. The lowest BCUT2D eigenvalue weighted by atomic mass is 9.80. The summed E-state index contributed by atoms with van der Waals surface area (Å²) in [7, 11) is 2.71. The Morgan fingerprint density at radius 1 is 0.800 bits per heavy atom. The van der Waals surface area contributed by atoms with E-state index in [4.69, 9.17) is 40.0 Å². The third-order valence-electron chi connectivity index (χ3n) is 8.26. The van der Waals surface area contributed by atoms with Gasteiger partial charge in [-0.2, -0.15) is 4.39 Å². The molecular weight excluding hydrogens is 610 g/mol. The van der Waals surface area contributed by atoms with Crippen molar-refractivity contribution in [1.82, 2.24) is 0 Å². The predicted octanol–water partition coefficient (Wildman–Crippen LogP) is 6.33. The van der Waals surface area contributed by atoms with Gasteiger partial charge in [0.15, 0.2) is 11.6 Å². The van der Waals surface area contributed by atoms with E-state index in [2.05, 4.69) is 6.92 Å². The van der Waals surface area contributed by atoms with Gasteiger partial charge in [-0.3, -0.25) is 0 Å². The number of hydrogen-bond acceptors (Lipinski definition) is 8. The average Bonchev–Trinajstić information content (AvgIpc) is 3.05. The normalized spacial score (nSPS) is 22.9. The summed E-state index contributed by atoms with van der Waals surface area (Å²) in [6.07, 6.45) is 2.24. The lowest BCUT2D eigenvalue weighted by molar-refractivity contribution is -0.414. The van der Waals surface area contributed by atoms with Gasteiger partial charge in [0.25, 0.3) is 0 Å². The van der Waals surface area contributed by atoms with Crippen molar-refractivity contribution in [3.8, 4) is 5.75 Å². The number of benzene rings is 2. The minimum absolute atomic E-state index is 0.0507. The molecule has 1 aliphatic heterocycles. The molecule has 3 rings (SSSR count). The van der Waals surface area contributed by atoms with Crippen LogP contribution in [0, 0.1) is 11.6 Å². The Labute approximate surface area is 270 Å². The summed E-state index contributed by atoms with van der Waals surface area (Å²) in [6.45, 7) is 6.03. The van der Waals surface area contributed by atoms with Crippen molar-refractivity contribution < 1.29 is 47.4 Å². The molecule has 4 atom stereocenters. The summed E-state index contributed by atoms with van der Waals surface area (Å²) in [5.41, 5.74) is -0.670. The van der Waals surface area contributed by atoms with Crippen LogP contribution < -0.4 is 4.74 Å². The molecule has 0 unspecified atom stereocenters. The molecule has 0 amide bonds. The molecule has 45 heavy (non-hydrogen) atoms. The largest absolute Gasteiger partial charge is 0.494 e. The van der Waals surface area contributed by atoms with Gasteiger partial charge in [0, 0.05) is 43.9 Å². The van der Waals surface area contributed by atoms with E-state index < -0.39 is 54.5 Å². The molecule has 0 radical (unpaired) electrons. The van der Waals surface area contributed by atoms with Gasteiger partial charge in [0.05, 0.1) is 20.3 Å². The van der Waals surface area contributed by atoms with E-state index in [1.165, 1.54) is 26.4 Å². The molecule has 1 heterocycles. The van der Waals surface area contributed by atoms with E-state index >= 15 is 4.39 Å². The number of halogens is 3. The summed E-state index contributed by atoms with van der Waals surface area (Å²) in [5.74, 6) is -4.05. The zero-order valence-electron chi connectivity index (χ0n) is 27.1. The molecule has 0 aliphatic carbocycles. The van der Waals surface area contributed by atoms with Crippen LogP contribution in [0.4, 0.5) is 8.78 Å². The fourth-order valence-electron chi connectivity index (χ4n) is 5.58. The number of hydrogen-bond donors (Lipinski definition) is 2. The van der Waals surface area contributed by atoms with Crippen LogP contribution in [0.15, 0.2) is 30.3 Å². The van der Waals surface area contributed by atoms with E-state index in [1.54, 1.807) is 18.2 Å². The van der Waals surface area contributed by atoms with Crippen molar-refractivity contribution in [3.05, 3.63) is 63.7 Å². The van der Waals surface area contributed by atoms with Crippen LogP contribution in [0.2, 0.25) is 5.02 Å². The summed E-state index contributed by atoms with van der Waals surface area (Å²) in [5, 5.41) is 21.9. The number of ether oxygens (including phenoxy) is 6. The molecule has 1 fully saturated rings. The van der Waals surface area contributed by atoms with Gasteiger partial charge in [0.1, 0.15) is 23.9 Å². The second kappa shape index (κ2) is 17.9. The second-order valence-corrected chi connectivity index (χ2v) is 11.8. The van der Waals surface area contributed by atoms with E-state index in [-0.39, 0.29) is 17.7 Å². The molecular formula is C34H49ClF2O8. The van der Waals surface area contributed by atoms with Crippen LogP contribution in [-0.4, -0.2) is 81.4 Å². The highest BCUT2D eigenvalue weighted by Gasteiger charge is 2.64. The van der Waals surface area contributed by atoms with Crippen LogP contribution in [0.3, 0.4) is 0 Å². The Morgan fingerprint density at radius 2 is 1.40 bits per heavy atom.